The minimum Gasteiger partial charge on any atom is -0.464 e. The average Bonchev–Trinajstić information content (AvgIpc) is 2.96. The lowest BCUT2D eigenvalue weighted by atomic mass is 10.1. The summed E-state index contributed by atoms with van der Waals surface area (Å²) in [6.07, 6.45) is 1.78. The molecular formula is C28H32ClF2N5O6. The van der Waals surface area contributed by atoms with Crippen molar-refractivity contribution in [2.24, 2.45) is 5.73 Å². The molecule has 0 spiro atoms. The molecule has 42 heavy (non-hydrogen) atoms. The molecule has 226 valence electrons. The number of amides is 2. The lowest BCUT2D eigenvalue weighted by Crippen LogP contribution is -2.50. The first-order chi connectivity index (χ1) is 20.1. The van der Waals surface area contributed by atoms with Crippen LogP contribution < -0.4 is 16.5 Å². The molecule has 2 atom stereocenters. The number of fused-ring (bicyclic) bond motifs is 1. The van der Waals surface area contributed by atoms with Crippen molar-refractivity contribution in [1.82, 2.24) is 15.4 Å². The van der Waals surface area contributed by atoms with Gasteiger partial charge in [0.05, 0.1) is 24.3 Å². The number of carbonyl (C=O) groups is 3. The third kappa shape index (κ3) is 9.58. The molecule has 1 heterocycles. The van der Waals surface area contributed by atoms with Gasteiger partial charge in [-0.3, -0.25) is 19.9 Å². The van der Waals surface area contributed by atoms with Gasteiger partial charge in [-0.1, -0.05) is 23.7 Å². The molecule has 5 N–H and O–H groups in total. The zero-order valence-corrected chi connectivity index (χ0v) is 23.6. The molecule has 0 aliphatic heterocycles. The number of hydrogen-bond acceptors (Lipinski definition) is 9. The minimum atomic E-state index is -1.13. The third-order valence-electron chi connectivity index (χ3n) is 6.17. The summed E-state index contributed by atoms with van der Waals surface area (Å²) in [4.78, 5) is 41.0. The molecule has 1 aromatic heterocycles. The Bertz CT molecular complexity index is 1400. The summed E-state index contributed by atoms with van der Waals surface area (Å²) in [7, 11) is 0. The van der Waals surface area contributed by atoms with Crippen LogP contribution in [0.4, 0.5) is 19.4 Å². The zero-order chi connectivity index (χ0) is 30.6. The highest BCUT2D eigenvalue weighted by Crippen LogP contribution is 2.21. The number of halogens is 3. The number of anilines is 1. The number of pyridine rings is 1. The molecule has 2 amide bonds. The number of nitrogens with two attached hydrogens (primary N) is 1. The maximum Gasteiger partial charge on any atom is 0.412 e. The van der Waals surface area contributed by atoms with Crippen LogP contribution in [0.3, 0.4) is 0 Å². The number of aliphatic hydroxyl groups is 1. The highest BCUT2D eigenvalue weighted by molar-refractivity contribution is 6.31. The van der Waals surface area contributed by atoms with E-state index in [0.717, 1.165) is 0 Å². The predicted molar refractivity (Wildman–Crippen MR) is 151 cm³/mol. The average molecular weight is 608 g/mol. The molecular weight excluding hydrogens is 576 g/mol. The molecule has 0 saturated heterocycles. The summed E-state index contributed by atoms with van der Waals surface area (Å²) in [5.41, 5.74) is 8.76. The number of hydrogen-bond donors (Lipinski definition) is 4. The van der Waals surface area contributed by atoms with Crippen LogP contribution in [0, 0.1) is 11.6 Å². The molecule has 0 saturated carbocycles. The van der Waals surface area contributed by atoms with Gasteiger partial charge in [-0.25, -0.2) is 24.0 Å². The molecule has 0 radical (unpaired) electrons. The Morgan fingerprint density at radius 3 is 2.64 bits per heavy atom. The van der Waals surface area contributed by atoms with Crippen molar-refractivity contribution >= 4 is 46.2 Å². The van der Waals surface area contributed by atoms with Gasteiger partial charge < -0.3 is 20.3 Å². The molecule has 2 aromatic carbocycles. The molecule has 0 unspecified atom stereocenters. The Kier molecular flexibility index (Phi) is 12.4. The maximum absolute atomic E-state index is 13.9. The fourth-order valence-corrected chi connectivity index (χ4v) is 4.16. The second kappa shape index (κ2) is 15.9. The Labute approximate surface area is 245 Å². The van der Waals surface area contributed by atoms with Crippen molar-refractivity contribution in [2.45, 2.75) is 44.8 Å². The molecule has 14 heteroatoms. The Hall–Kier alpha value is -3.91. The molecule has 11 nitrogen and oxygen atoms in total. The Morgan fingerprint density at radius 1 is 1.12 bits per heavy atom. The SMILES string of the molecule is CC(=O)N(NCc1cccc(F)c1Cl)[C@@H](CCCCOC(=O)[C@H](N)CO)COC(=O)Nc1cc2cc(F)ccc2cn1. The molecule has 0 aliphatic rings. The van der Waals surface area contributed by atoms with Crippen LogP contribution >= 0.6 is 11.6 Å². The van der Waals surface area contributed by atoms with Crippen molar-refractivity contribution in [3.63, 3.8) is 0 Å². The minimum absolute atomic E-state index is 0.00704. The van der Waals surface area contributed by atoms with Crippen LogP contribution in [0.5, 0.6) is 0 Å². The van der Waals surface area contributed by atoms with Crippen molar-refractivity contribution in [3.05, 3.63) is 70.9 Å². The molecule has 0 fully saturated rings. The maximum atomic E-state index is 13.9. The number of benzene rings is 2. The largest absolute Gasteiger partial charge is 0.464 e. The molecule has 3 aromatic rings. The van der Waals surface area contributed by atoms with E-state index in [2.05, 4.69) is 15.7 Å². The van der Waals surface area contributed by atoms with Gasteiger partial charge in [0.25, 0.3) is 0 Å². The molecule has 3 rings (SSSR count). The van der Waals surface area contributed by atoms with E-state index < -0.39 is 48.3 Å². The number of nitrogens with zero attached hydrogens (tertiary/aromatic N) is 2. The summed E-state index contributed by atoms with van der Waals surface area (Å²) in [5, 5.41) is 13.8. The van der Waals surface area contributed by atoms with Gasteiger partial charge >= 0.3 is 12.1 Å². The zero-order valence-electron chi connectivity index (χ0n) is 22.8. The highest BCUT2D eigenvalue weighted by atomic mass is 35.5. The number of aliphatic hydroxyl groups excluding tert-OH is 1. The number of nitrogens with one attached hydrogen (secondary N) is 2. The van der Waals surface area contributed by atoms with Crippen LogP contribution in [0.15, 0.2) is 48.7 Å². The number of aromatic nitrogens is 1. The van der Waals surface area contributed by atoms with E-state index in [0.29, 0.717) is 35.6 Å². The first-order valence-corrected chi connectivity index (χ1v) is 13.4. The number of carbonyl (C=O) groups excluding carboxylic acids is 3. The van der Waals surface area contributed by atoms with Crippen LogP contribution in [-0.4, -0.2) is 65.0 Å². The van der Waals surface area contributed by atoms with Crippen molar-refractivity contribution in [1.29, 1.82) is 0 Å². The van der Waals surface area contributed by atoms with Gasteiger partial charge in [-0.2, -0.15) is 0 Å². The van der Waals surface area contributed by atoms with E-state index in [1.54, 1.807) is 12.1 Å². The summed E-state index contributed by atoms with van der Waals surface area (Å²) in [6.45, 7) is 0.560. The lowest BCUT2D eigenvalue weighted by Gasteiger charge is -2.31. The van der Waals surface area contributed by atoms with E-state index in [1.165, 1.54) is 48.5 Å². The molecule has 0 aliphatic carbocycles. The van der Waals surface area contributed by atoms with Gasteiger partial charge in [0.1, 0.15) is 30.1 Å². The first kappa shape index (κ1) is 32.6. The predicted octanol–water partition coefficient (Wildman–Crippen LogP) is 3.67. The summed E-state index contributed by atoms with van der Waals surface area (Å²) in [5.74, 6) is -2.05. The van der Waals surface area contributed by atoms with E-state index in [-0.39, 0.29) is 30.6 Å². The standard InChI is InChI=1S/C28H32ClF2N5O6/c1-17(38)36(34-14-19-5-4-7-23(31)26(19)29)22(6-2-3-10-41-27(39)24(32)15-37)16-42-28(40)35-25-12-20-11-21(30)9-8-18(20)13-33-25/h4-5,7-9,11-13,22,24,34,37H,2-3,6,10,14-16,32H2,1H3,(H,33,35,40)/t22-,24+/m0/s1. The van der Waals surface area contributed by atoms with E-state index in [4.69, 9.17) is 31.9 Å². The Morgan fingerprint density at radius 2 is 1.90 bits per heavy atom. The van der Waals surface area contributed by atoms with Gasteiger partial charge in [-0.05, 0) is 60.5 Å². The van der Waals surface area contributed by atoms with Crippen molar-refractivity contribution in [3.8, 4) is 0 Å². The monoisotopic (exact) mass is 607 g/mol. The normalized spacial score (nSPS) is 12.4. The van der Waals surface area contributed by atoms with Crippen LogP contribution in [0.25, 0.3) is 10.8 Å². The number of unbranched alkanes of at least 4 members (excludes halogenated alkanes) is 1. The van der Waals surface area contributed by atoms with Crippen LogP contribution in [-0.2, 0) is 25.6 Å². The fraction of sp³-hybridized carbons (Fsp3) is 0.357. The lowest BCUT2D eigenvalue weighted by molar-refractivity contribution is -0.146. The topological polar surface area (TPSA) is 156 Å². The first-order valence-electron chi connectivity index (χ1n) is 13.1. The van der Waals surface area contributed by atoms with Gasteiger partial charge in [0.2, 0.25) is 5.91 Å². The number of rotatable bonds is 14. The number of esters is 1. The van der Waals surface area contributed by atoms with Gasteiger partial charge in [0.15, 0.2) is 0 Å². The second-order valence-corrected chi connectivity index (χ2v) is 9.71. The number of hydrazine groups is 1. The quantitative estimate of drug-likeness (QED) is 0.122. The van der Waals surface area contributed by atoms with E-state index in [9.17, 15) is 23.2 Å². The fourth-order valence-electron chi connectivity index (χ4n) is 3.97. The van der Waals surface area contributed by atoms with Crippen molar-refractivity contribution < 1.29 is 37.7 Å². The van der Waals surface area contributed by atoms with E-state index >= 15 is 0 Å². The molecule has 0 bridgehead atoms. The third-order valence-corrected chi connectivity index (χ3v) is 6.60. The second-order valence-electron chi connectivity index (χ2n) is 9.33. The van der Waals surface area contributed by atoms with Crippen LogP contribution in [0.1, 0.15) is 31.7 Å². The van der Waals surface area contributed by atoms with Crippen LogP contribution in [0.2, 0.25) is 5.02 Å². The van der Waals surface area contributed by atoms with Gasteiger partial charge in [0, 0.05) is 25.1 Å². The summed E-state index contributed by atoms with van der Waals surface area (Å²) < 4.78 is 37.9. The van der Waals surface area contributed by atoms with E-state index in [1.807, 2.05) is 0 Å². The van der Waals surface area contributed by atoms with Gasteiger partial charge in [-0.15, -0.1) is 0 Å². The Balaban J connectivity index is 1.65. The van der Waals surface area contributed by atoms with Crippen molar-refractivity contribution in [2.75, 3.05) is 25.1 Å². The smallest absolute Gasteiger partial charge is 0.412 e. The number of ether oxygens (including phenoxy) is 2. The summed E-state index contributed by atoms with van der Waals surface area (Å²) in [6, 6.07) is 8.15. The highest BCUT2D eigenvalue weighted by Gasteiger charge is 2.24. The summed E-state index contributed by atoms with van der Waals surface area (Å²) >= 11 is 6.05.